The predicted molar refractivity (Wildman–Crippen MR) is 56.4 cm³/mol. The number of aromatic carboxylic acids is 1. The molecule has 0 saturated heterocycles. The number of carboxylic acids is 1. The largest absolute Gasteiger partial charge is 0.478 e. The molecule has 0 radical (unpaired) electrons. The maximum Gasteiger partial charge on any atom is 0.336 e. The molecular formula is C10H14N2O2. The predicted octanol–water partition coefficient (Wildman–Crippen LogP) is 1.47. The zero-order valence-corrected chi connectivity index (χ0v) is 8.51. The summed E-state index contributed by atoms with van der Waals surface area (Å²) in [5.74, 6) is -0.988. The third-order valence-electron chi connectivity index (χ3n) is 2.58. The number of hydrogen-bond donors (Lipinski definition) is 3. The highest BCUT2D eigenvalue weighted by molar-refractivity contribution is 5.95. The Bertz CT molecular complexity index is 382. The zero-order valence-electron chi connectivity index (χ0n) is 8.51. The minimum Gasteiger partial charge on any atom is -0.478 e. The Morgan fingerprint density at radius 3 is 1.64 bits per heavy atom. The van der Waals surface area contributed by atoms with Crippen LogP contribution in [0.4, 0.5) is 11.4 Å². The topological polar surface area (TPSA) is 89.3 Å². The molecule has 0 heterocycles. The molecule has 1 aromatic carbocycles. The van der Waals surface area contributed by atoms with E-state index in [0.29, 0.717) is 22.5 Å². The number of carbonyl (C=O) groups is 1. The second-order valence-corrected chi connectivity index (χ2v) is 3.38. The van der Waals surface area contributed by atoms with Crippen molar-refractivity contribution in [2.75, 3.05) is 11.5 Å². The highest BCUT2D eigenvalue weighted by Crippen LogP contribution is 2.30. The Balaban J connectivity index is 3.68. The molecule has 0 saturated carbocycles. The molecule has 0 aliphatic heterocycles. The van der Waals surface area contributed by atoms with Crippen molar-refractivity contribution in [3.63, 3.8) is 0 Å². The Morgan fingerprint density at radius 1 is 1.00 bits per heavy atom. The lowest BCUT2D eigenvalue weighted by atomic mass is 9.95. The van der Waals surface area contributed by atoms with E-state index in [1.165, 1.54) is 0 Å². The van der Waals surface area contributed by atoms with Gasteiger partial charge in [-0.15, -0.1) is 0 Å². The summed E-state index contributed by atoms with van der Waals surface area (Å²) in [6, 6.07) is 0. The SMILES string of the molecule is Cc1c(N)c(C)c(C(=O)O)c(C)c1N. The van der Waals surface area contributed by atoms with Gasteiger partial charge in [-0.2, -0.15) is 0 Å². The average Bonchev–Trinajstić information content (AvgIpc) is 2.11. The highest BCUT2D eigenvalue weighted by Gasteiger charge is 2.17. The van der Waals surface area contributed by atoms with Crippen LogP contribution in [0.2, 0.25) is 0 Å². The van der Waals surface area contributed by atoms with E-state index in [4.69, 9.17) is 16.6 Å². The standard InChI is InChI=1S/C10H14N2O2/c1-4-7(10(13)14)5(2)9(12)6(3)8(4)11/h11-12H2,1-3H3,(H,13,14). The molecule has 0 bridgehead atoms. The molecule has 4 nitrogen and oxygen atoms in total. The van der Waals surface area contributed by atoms with E-state index in [1.54, 1.807) is 20.8 Å². The zero-order chi connectivity index (χ0) is 11.0. The van der Waals surface area contributed by atoms with Crippen molar-refractivity contribution in [1.29, 1.82) is 0 Å². The van der Waals surface area contributed by atoms with E-state index in [-0.39, 0.29) is 5.56 Å². The molecule has 1 aromatic rings. The smallest absolute Gasteiger partial charge is 0.336 e. The van der Waals surface area contributed by atoms with Gasteiger partial charge in [0.15, 0.2) is 0 Å². The minimum atomic E-state index is -0.988. The second kappa shape index (κ2) is 3.21. The molecule has 5 N–H and O–H groups in total. The molecule has 0 atom stereocenters. The molecule has 0 spiro atoms. The Hall–Kier alpha value is -1.71. The molecule has 0 aliphatic carbocycles. The molecule has 14 heavy (non-hydrogen) atoms. The molecule has 4 heteroatoms. The summed E-state index contributed by atoms with van der Waals surface area (Å²) in [6.45, 7) is 5.17. The van der Waals surface area contributed by atoms with Gasteiger partial charge in [0, 0.05) is 11.4 Å². The van der Waals surface area contributed by atoms with E-state index in [1.807, 2.05) is 0 Å². The van der Waals surface area contributed by atoms with Crippen LogP contribution in [0.3, 0.4) is 0 Å². The van der Waals surface area contributed by atoms with E-state index in [9.17, 15) is 4.79 Å². The highest BCUT2D eigenvalue weighted by atomic mass is 16.4. The van der Waals surface area contributed by atoms with Gasteiger partial charge in [-0.3, -0.25) is 0 Å². The van der Waals surface area contributed by atoms with Crippen LogP contribution in [0.15, 0.2) is 0 Å². The number of anilines is 2. The first-order valence-electron chi connectivity index (χ1n) is 4.26. The first-order chi connectivity index (χ1) is 6.37. The third kappa shape index (κ3) is 1.28. The maximum absolute atomic E-state index is 10.9. The lowest BCUT2D eigenvalue weighted by molar-refractivity contribution is 0.0695. The van der Waals surface area contributed by atoms with Gasteiger partial charge in [-0.05, 0) is 37.5 Å². The van der Waals surface area contributed by atoms with Crippen molar-refractivity contribution in [2.24, 2.45) is 0 Å². The first kappa shape index (κ1) is 10.4. The fraction of sp³-hybridized carbons (Fsp3) is 0.300. The van der Waals surface area contributed by atoms with Gasteiger partial charge in [0.05, 0.1) is 5.56 Å². The molecule has 76 valence electrons. The van der Waals surface area contributed by atoms with Crippen LogP contribution >= 0.6 is 0 Å². The molecule has 0 amide bonds. The van der Waals surface area contributed by atoms with Crippen molar-refractivity contribution < 1.29 is 9.90 Å². The van der Waals surface area contributed by atoms with Gasteiger partial charge in [0.1, 0.15) is 0 Å². The van der Waals surface area contributed by atoms with Gasteiger partial charge >= 0.3 is 5.97 Å². The fourth-order valence-electron chi connectivity index (χ4n) is 1.58. The van der Waals surface area contributed by atoms with Crippen molar-refractivity contribution >= 4 is 17.3 Å². The summed E-state index contributed by atoms with van der Waals surface area (Å²) in [5, 5.41) is 8.98. The van der Waals surface area contributed by atoms with Crippen LogP contribution in [0.1, 0.15) is 27.0 Å². The van der Waals surface area contributed by atoms with E-state index < -0.39 is 5.97 Å². The summed E-state index contributed by atoms with van der Waals surface area (Å²) in [7, 11) is 0. The minimum absolute atomic E-state index is 0.214. The third-order valence-corrected chi connectivity index (χ3v) is 2.58. The fourth-order valence-corrected chi connectivity index (χ4v) is 1.58. The van der Waals surface area contributed by atoms with Gasteiger partial charge < -0.3 is 16.6 Å². The number of benzene rings is 1. The molecular weight excluding hydrogens is 180 g/mol. The number of rotatable bonds is 1. The van der Waals surface area contributed by atoms with Crippen molar-refractivity contribution in [3.8, 4) is 0 Å². The van der Waals surface area contributed by atoms with Gasteiger partial charge in [0.2, 0.25) is 0 Å². The quantitative estimate of drug-likeness (QED) is 0.590. The summed E-state index contributed by atoms with van der Waals surface area (Å²) < 4.78 is 0. The molecule has 1 rings (SSSR count). The van der Waals surface area contributed by atoms with Crippen LogP contribution < -0.4 is 11.5 Å². The van der Waals surface area contributed by atoms with E-state index >= 15 is 0 Å². The molecule has 0 fully saturated rings. The number of nitrogen functional groups attached to an aromatic ring is 2. The van der Waals surface area contributed by atoms with Crippen molar-refractivity contribution in [1.82, 2.24) is 0 Å². The van der Waals surface area contributed by atoms with Crippen LogP contribution in [-0.2, 0) is 0 Å². The number of nitrogens with two attached hydrogens (primary N) is 2. The van der Waals surface area contributed by atoms with Crippen LogP contribution in [0.25, 0.3) is 0 Å². The number of carboxylic acid groups (broad SMARTS) is 1. The van der Waals surface area contributed by atoms with E-state index in [0.717, 1.165) is 5.56 Å². The lowest BCUT2D eigenvalue weighted by Crippen LogP contribution is -2.10. The molecule has 0 aromatic heterocycles. The summed E-state index contributed by atoms with van der Waals surface area (Å²) in [5.41, 5.74) is 14.6. The van der Waals surface area contributed by atoms with Gasteiger partial charge in [-0.1, -0.05) is 0 Å². The van der Waals surface area contributed by atoms with Gasteiger partial charge in [-0.25, -0.2) is 4.79 Å². The van der Waals surface area contributed by atoms with Crippen LogP contribution in [0, 0.1) is 20.8 Å². The monoisotopic (exact) mass is 194 g/mol. The Morgan fingerprint density at radius 2 is 1.36 bits per heavy atom. The van der Waals surface area contributed by atoms with Crippen LogP contribution in [-0.4, -0.2) is 11.1 Å². The maximum atomic E-state index is 10.9. The summed E-state index contributed by atoms with van der Waals surface area (Å²) >= 11 is 0. The summed E-state index contributed by atoms with van der Waals surface area (Å²) in [6.07, 6.45) is 0. The van der Waals surface area contributed by atoms with Crippen molar-refractivity contribution in [2.45, 2.75) is 20.8 Å². The molecule has 0 aliphatic rings. The summed E-state index contributed by atoms with van der Waals surface area (Å²) in [4.78, 5) is 10.9. The number of hydrogen-bond acceptors (Lipinski definition) is 3. The first-order valence-corrected chi connectivity index (χ1v) is 4.26. The Labute approximate surface area is 82.5 Å². The Kier molecular flexibility index (Phi) is 2.38. The van der Waals surface area contributed by atoms with Crippen LogP contribution in [0.5, 0.6) is 0 Å². The molecule has 0 unspecified atom stereocenters. The lowest BCUT2D eigenvalue weighted by Gasteiger charge is -2.14. The second-order valence-electron chi connectivity index (χ2n) is 3.38. The normalized spacial score (nSPS) is 10.2. The van der Waals surface area contributed by atoms with Gasteiger partial charge in [0.25, 0.3) is 0 Å². The average molecular weight is 194 g/mol. The van der Waals surface area contributed by atoms with E-state index in [2.05, 4.69) is 0 Å². The van der Waals surface area contributed by atoms with Crippen molar-refractivity contribution in [3.05, 3.63) is 22.3 Å².